The van der Waals surface area contributed by atoms with Gasteiger partial charge in [-0.2, -0.15) is 0 Å². The van der Waals surface area contributed by atoms with Gasteiger partial charge in [0, 0.05) is 34.8 Å². The molecule has 0 atom stereocenters. The maximum atomic E-state index is 11.9. The summed E-state index contributed by atoms with van der Waals surface area (Å²) in [7, 11) is 0. The number of carbonyl (C=O) groups is 1. The summed E-state index contributed by atoms with van der Waals surface area (Å²) in [6, 6.07) is 7.60. The lowest BCUT2D eigenvalue weighted by Gasteiger charge is -2.08. The Kier molecular flexibility index (Phi) is 4.29. The highest BCUT2D eigenvalue weighted by molar-refractivity contribution is 7.15. The van der Waals surface area contributed by atoms with E-state index in [0.717, 1.165) is 37.7 Å². The van der Waals surface area contributed by atoms with Crippen LogP contribution in [0.1, 0.15) is 11.9 Å². The molecule has 0 aliphatic carbocycles. The first-order valence-electron chi connectivity index (χ1n) is 8.35. The number of hydrogen-bond acceptors (Lipinski definition) is 5. The number of aromatic nitrogens is 4. The molecule has 6 nitrogen and oxygen atoms in total. The molecule has 0 aliphatic rings. The smallest absolute Gasteiger partial charge is 0.250 e. The standard InChI is InChI=1S/C20H17N5OS/c1-11(2)20(26)25-14-6-4-5-13(7-14)18-17-15(16-9-21-12(3)27-16)8-22-19(17)24-10-23-18/h4-10H,1H2,2-3H3,(H,25,26)(H,22,23,24). The zero-order valence-electron chi connectivity index (χ0n) is 14.9. The Hall–Kier alpha value is -3.32. The van der Waals surface area contributed by atoms with Gasteiger partial charge in [0.1, 0.15) is 12.0 Å². The Bertz CT molecular complexity index is 1170. The fourth-order valence-corrected chi connectivity index (χ4v) is 3.64. The number of aromatic amines is 1. The maximum absolute atomic E-state index is 11.9. The number of anilines is 1. The molecule has 134 valence electrons. The van der Waals surface area contributed by atoms with Gasteiger partial charge in [0.2, 0.25) is 0 Å². The van der Waals surface area contributed by atoms with Gasteiger partial charge in [-0.25, -0.2) is 15.0 Å². The van der Waals surface area contributed by atoms with E-state index in [9.17, 15) is 4.79 Å². The first kappa shape index (κ1) is 17.1. The first-order chi connectivity index (χ1) is 13.0. The van der Waals surface area contributed by atoms with Crippen LogP contribution in [0.2, 0.25) is 0 Å². The highest BCUT2D eigenvalue weighted by atomic mass is 32.1. The Morgan fingerprint density at radius 3 is 2.85 bits per heavy atom. The molecule has 0 bridgehead atoms. The number of fused-ring (bicyclic) bond motifs is 1. The predicted octanol–water partition coefficient (Wildman–Crippen LogP) is 4.57. The molecule has 4 rings (SSSR count). The van der Waals surface area contributed by atoms with Gasteiger partial charge in [0.05, 0.1) is 21.0 Å². The molecule has 0 saturated carbocycles. The molecule has 0 unspecified atom stereocenters. The molecule has 4 aromatic rings. The lowest BCUT2D eigenvalue weighted by Crippen LogP contribution is -2.11. The SMILES string of the molecule is C=C(C)C(=O)Nc1cccc(-c2ncnc3[nH]cc(-c4cnc(C)s4)c23)c1. The molecule has 0 radical (unpaired) electrons. The molecule has 3 heterocycles. The van der Waals surface area contributed by atoms with E-state index in [1.165, 1.54) is 6.33 Å². The van der Waals surface area contributed by atoms with Crippen molar-refractivity contribution in [3.8, 4) is 21.7 Å². The van der Waals surface area contributed by atoms with Gasteiger partial charge in [-0.3, -0.25) is 4.79 Å². The van der Waals surface area contributed by atoms with Crippen molar-refractivity contribution in [2.45, 2.75) is 13.8 Å². The number of H-pyrrole nitrogens is 1. The molecule has 3 aromatic heterocycles. The first-order valence-corrected chi connectivity index (χ1v) is 9.17. The van der Waals surface area contributed by atoms with Gasteiger partial charge in [-0.05, 0) is 26.0 Å². The van der Waals surface area contributed by atoms with E-state index < -0.39 is 0 Å². The number of thiazole rings is 1. The number of amides is 1. The average Bonchev–Trinajstić information content (AvgIpc) is 3.27. The molecule has 27 heavy (non-hydrogen) atoms. The molecular weight excluding hydrogens is 358 g/mol. The third kappa shape index (κ3) is 3.24. The van der Waals surface area contributed by atoms with Crippen LogP contribution in [-0.4, -0.2) is 25.8 Å². The number of carbonyl (C=O) groups excluding carboxylic acids is 1. The van der Waals surface area contributed by atoms with Crippen LogP contribution in [0, 0.1) is 6.92 Å². The van der Waals surface area contributed by atoms with Crippen LogP contribution in [0.3, 0.4) is 0 Å². The minimum absolute atomic E-state index is 0.206. The molecule has 0 saturated heterocycles. The van der Waals surface area contributed by atoms with Crippen molar-refractivity contribution in [1.82, 2.24) is 19.9 Å². The van der Waals surface area contributed by atoms with Crippen molar-refractivity contribution in [1.29, 1.82) is 0 Å². The van der Waals surface area contributed by atoms with Gasteiger partial charge in [-0.1, -0.05) is 18.7 Å². The van der Waals surface area contributed by atoms with E-state index in [4.69, 9.17) is 0 Å². The zero-order valence-corrected chi connectivity index (χ0v) is 15.7. The van der Waals surface area contributed by atoms with Crippen LogP contribution >= 0.6 is 11.3 Å². The fourth-order valence-electron chi connectivity index (χ4n) is 2.84. The van der Waals surface area contributed by atoms with E-state index in [-0.39, 0.29) is 5.91 Å². The summed E-state index contributed by atoms with van der Waals surface area (Å²) in [5.41, 5.74) is 4.62. The molecule has 2 N–H and O–H groups in total. The van der Waals surface area contributed by atoms with E-state index in [1.807, 2.05) is 43.6 Å². The summed E-state index contributed by atoms with van der Waals surface area (Å²) in [6.07, 6.45) is 5.33. The number of hydrogen-bond donors (Lipinski definition) is 2. The summed E-state index contributed by atoms with van der Waals surface area (Å²) < 4.78 is 0. The Morgan fingerprint density at radius 2 is 2.11 bits per heavy atom. The van der Waals surface area contributed by atoms with Crippen LogP contribution in [-0.2, 0) is 4.79 Å². The van der Waals surface area contributed by atoms with Crippen LogP contribution in [0.4, 0.5) is 5.69 Å². The van der Waals surface area contributed by atoms with Crippen molar-refractivity contribution in [2.75, 3.05) is 5.32 Å². The zero-order chi connectivity index (χ0) is 19.0. The maximum Gasteiger partial charge on any atom is 0.250 e. The lowest BCUT2D eigenvalue weighted by molar-refractivity contribution is -0.112. The summed E-state index contributed by atoms with van der Waals surface area (Å²) in [4.78, 5) is 29.4. The van der Waals surface area contributed by atoms with Crippen molar-refractivity contribution in [3.05, 3.63) is 60.1 Å². The molecule has 7 heteroatoms. The average molecular weight is 375 g/mol. The summed E-state index contributed by atoms with van der Waals surface area (Å²) in [5.74, 6) is -0.206. The number of benzene rings is 1. The monoisotopic (exact) mass is 375 g/mol. The molecular formula is C20H17N5OS. The van der Waals surface area contributed by atoms with Gasteiger partial charge in [0.25, 0.3) is 5.91 Å². The number of rotatable bonds is 4. The van der Waals surface area contributed by atoms with E-state index >= 15 is 0 Å². The van der Waals surface area contributed by atoms with Gasteiger partial charge in [0.15, 0.2) is 0 Å². The highest BCUT2D eigenvalue weighted by Gasteiger charge is 2.16. The molecule has 0 spiro atoms. The lowest BCUT2D eigenvalue weighted by atomic mass is 10.1. The Labute approximate surface area is 160 Å². The molecule has 1 aromatic carbocycles. The van der Waals surface area contributed by atoms with Crippen molar-refractivity contribution >= 4 is 34.0 Å². The van der Waals surface area contributed by atoms with Gasteiger partial charge in [-0.15, -0.1) is 11.3 Å². The minimum atomic E-state index is -0.206. The number of aryl methyl sites for hydroxylation is 1. The van der Waals surface area contributed by atoms with Crippen LogP contribution in [0.5, 0.6) is 0 Å². The molecule has 0 fully saturated rings. The second-order valence-electron chi connectivity index (χ2n) is 6.21. The molecule has 1 amide bonds. The van der Waals surface area contributed by atoms with Crippen LogP contribution in [0.25, 0.3) is 32.7 Å². The van der Waals surface area contributed by atoms with E-state index in [0.29, 0.717) is 11.3 Å². The van der Waals surface area contributed by atoms with Crippen LogP contribution in [0.15, 0.2) is 55.1 Å². The van der Waals surface area contributed by atoms with Crippen molar-refractivity contribution < 1.29 is 4.79 Å². The van der Waals surface area contributed by atoms with Crippen molar-refractivity contribution in [3.63, 3.8) is 0 Å². The third-order valence-electron chi connectivity index (χ3n) is 4.14. The fraction of sp³-hybridized carbons (Fsp3) is 0.100. The highest BCUT2D eigenvalue weighted by Crippen LogP contribution is 2.37. The Morgan fingerprint density at radius 1 is 1.26 bits per heavy atom. The van der Waals surface area contributed by atoms with E-state index in [2.05, 4.69) is 31.8 Å². The summed E-state index contributed by atoms with van der Waals surface area (Å²) >= 11 is 1.63. The summed E-state index contributed by atoms with van der Waals surface area (Å²) in [5, 5.41) is 4.78. The normalized spacial score (nSPS) is 10.9. The quantitative estimate of drug-likeness (QED) is 0.512. The van der Waals surface area contributed by atoms with Crippen LogP contribution < -0.4 is 5.32 Å². The predicted molar refractivity (Wildman–Crippen MR) is 109 cm³/mol. The second kappa shape index (κ2) is 6.77. The third-order valence-corrected chi connectivity index (χ3v) is 5.08. The van der Waals surface area contributed by atoms with Gasteiger partial charge < -0.3 is 10.3 Å². The largest absolute Gasteiger partial charge is 0.345 e. The molecule has 0 aliphatic heterocycles. The summed E-state index contributed by atoms with van der Waals surface area (Å²) in [6.45, 7) is 7.33. The van der Waals surface area contributed by atoms with Crippen molar-refractivity contribution in [2.24, 2.45) is 0 Å². The number of nitrogens with one attached hydrogen (secondary N) is 2. The Balaban J connectivity index is 1.84. The second-order valence-corrected chi connectivity index (χ2v) is 7.44. The van der Waals surface area contributed by atoms with Gasteiger partial charge >= 0.3 is 0 Å². The van der Waals surface area contributed by atoms with E-state index in [1.54, 1.807) is 18.3 Å². The topological polar surface area (TPSA) is 83.6 Å². The minimum Gasteiger partial charge on any atom is -0.345 e. The number of nitrogens with zero attached hydrogens (tertiary/aromatic N) is 3.